The van der Waals surface area contributed by atoms with E-state index < -0.39 is 17.8 Å². The van der Waals surface area contributed by atoms with Crippen LogP contribution in [0.3, 0.4) is 0 Å². The Bertz CT molecular complexity index is 702. The summed E-state index contributed by atoms with van der Waals surface area (Å²) in [6.45, 7) is 1.89. The number of urea groups is 1. The number of halogens is 2. The molecule has 2 amide bonds. The summed E-state index contributed by atoms with van der Waals surface area (Å²) in [5, 5.41) is 0.129. The van der Waals surface area contributed by atoms with Crippen molar-refractivity contribution in [3.05, 3.63) is 45.9 Å². The van der Waals surface area contributed by atoms with Crippen LogP contribution < -0.4 is 0 Å². The van der Waals surface area contributed by atoms with Crippen LogP contribution >= 0.6 is 11.6 Å². The van der Waals surface area contributed by atoms with Crippen molar-refractivity contribution >= 4 is 23.6 Å². The normalized spacial score (nSPS) is 18.0. The molecule has 136 valence electrons. The highest BCUT2D eigenvalue weighted by molar-refractivity contribution is 6.31. The van der Waals surface area contributed by atoms with Gasteiger partial charge in [0.25, 0.3) is 0 Å². The van der Waals surface area contributed by atoms with Crippen LogP contribution in [0.2, 0.25) is 5.02 Å². The van der Waals surface area contributed by atoms with E-state index in [1.165, 1.54) is 49.2 Å². The van der Waals surface area contributed by atoms with Gasteiger partial charge in [0.1, 0.15) is 12.4 Å². The van der Waals surface area contributed by atoms with Crippen molar-refractivity contribution in [2.75, 3.05) is 34.4 Å². The van der Waals surface area contributed by atoms with Crippen LogP contribution in [0.4, 0.5) is 9.18 Å². The number of amides is 2. The third-order valence-corrected chi connectivity index (χ3v) is 4.49. The Morgan fingerprint density at radius 1 is 1.32 bits per heavy atom. The summed E-state index contributed by atoms with van der Waals surface area (Å²) in [4.78, 5) is 27.7. The van der Waals surface area contributed by atoms with Gasteiger partial charge in [0.15, 0.2) is 0 Å². The highest BCUT2D eigenvalue weighted by Crippen LogP contribution is 2.40. The largest absolute Gasteiger partial charge is 0.460 e. The SMILES string of the molecule is COCCOC(=O)C1=C(C)N(C)C(=O)N(C)[C@@H]1c1c(F)cccc1Cl. The number of ether oxygens (including phenoxy) is 2. The minimum absolute atomic E-state index is 0.0468. The zero-order valence-electron chi connectivity index (χ0n) is 14.5. The minimum atomic E-state index is -0.979. The lowest BCUT2D eigenvalue weighted by molar-refractivity contribution is -0.141. The van der Waals surface area contributed by atoms with Gasteiger partial charge in [0, 0.05) is 37.5 Å². The maximum atomic E-state index is 14.5. The van der Waals surface area contributed by atoms with E-state index in [2.05, 4.69) is 0 Å². The van der Waals surface area contributed by atoms with Crippen molar-refractivity contribution in [3.63, 3.8) is 0 Å². The number of rotatable bonds is 5. The fourth-order valence-corrected chi connectivity index (χ4v) is 2.99. The second kappa shape index (κ2) is 7.84. The maximum Gasteiger partial charge on any atom is 0.338 e. The van der Waals surface area contributed by atoms with Crippen molar-refractivity contribution in [1.29, 1.82) is 0 Å². The molecule has 0 N–H and O–H groups in total. The van der Waals surface area contributed by atoms with Crippen molar-refractivity contribution in [1.82, 2.24) is 9.80 Å². The first-order valence-corrected chi connectivity index (χ1v) is 8.00. The fourth-order valence-electron chi connectivity index (χ4n) is 2.73. The van der Waals surface area contributed by atoms with E-state index in [0.717, 1.165) is 0 Å². The Balaban J connectivity index is 2.56. The van der Waals surface area contributed by atoms with E-state index in [9.17, 15) is 14.0 Å². The molecule has 1 aliphatic rings. The number of likely N-dealkylation sites (N-methyl/N-ethyl adjacent to an activating group) is 1. The number of carbonyl (C=O) groups is 2. The van der Waals surface area contributed by atoms with Crippen LogP contribution in [0.1, 0.15) is 18.5 Å². The lowest BCUT2D eigenvalue weighted by Crippen LogP contribution is -2.47. The average molecular weight is 371 g/mol. The van der Waals surface area contributed by atoms with Gasteiger partial charge in [-0.25, -0.2) is 14.0 Å². The molecular weight excluding hydrogens is 351 g/mol. The average Bonchev–Trinajstić information content (AvgIpc) is 2.57. The lowest BCUT2D eigenvalue weighted by Gasteiger charge is -2.39. The molecule has 0 fully saturated rings. The first kappa shape index (κ1) is 19.2. The minimum Gasteiger partial charge on any atom is -0.460 e. The van der Waals surface area contributed by atoms with Crippen LogP contribution in [0.5, 0.6) is 0 Å². The molecule has 1 heterocycles. The highest BCUT2D eigenvalue weighted by atomic mass is 35.5. The third kappa shape index (κ3) is 3.62. The molecule has 0 spiro atoms. The Kier molecular flexibility index (Phi) is 6.02. The van der Waals surface area contributed by atoms with Gasteiger partial charge in [-0.15, -0.1) is 0 Å². The molecule has 0 aromatic heterocycles. The van der Waals surface area contributed by atoms with Crippen LogP contribution in [0, 0.1) is 5.82 Å². The molecule has 6 nitrogen and oxygen atoms in total. The molecule has 0 bridgehead atoms. The van der Waals surface area contributed by atoms with Crippen LogP contribution in [0.15, 0.2) is 29.5 Å². The number of allylic oxidation sites excluding steroid dienone is 1. The molecule has 1 aliphatic heterocycles. The molecule has 1 aromatic carbocycles. The Hall–Kier alpha value is -2.12. The summed E-state index contributed by atoms with van der Waals surface area (Å²) in [5.41, 5.74) is 0.605. The van der Waals surface area contributed by atoms with E-state index in [1.807, 2.05) is 0 Å². The van der Waals surface area contributed by atoms with Crippen molar-refractivity contribution < 1.29 is 23.5 Å². The molecule has 0 saturated heterocycles. The van der Waals surface area contributed by atoms with Gasteiger partial charge in [-0.2, -0.15) is 0 Å². The number of benzene rings is 1. The molecule has 2 rings (SSSR count). The van der Waals surface area contributed by atoms with Crippen molar-refractivity contribution in [2.45, 2.75) is 13.0 Å². The molecule has 0 aliphatic carbocycles. The number of carbonyl (C=O) groups excluding carboxylic acids is 2. The van der Waals surface area contributed by atoms with Gasteiger partial charge in [-0.05, 0) is 19.1 Å². The second-order valence-electron chi connectivity index (χ2n) is 5.62. The van der Waals surface area contributed by atoms with Crippen molar-refractivity contribution in [2.24, 2.45) is 0 Å². The van der Waals surface area contributed by atoms with Gasteiger partial charge in [0.05, 0.1) is 18.2 Å². The zero-order valence-corrected chi connectivity index (χ0v) is 15.3. The van der Waals surface area contributed by atoms with Gasteiger partial charge >= 0.3 is 12.0 Å². The standard InChI is InChI=1S/C17H20ClFN2O4/c1-10-13(16(22)25-9-8-24-4)15(21(3)17(23)20(10)2)14-11(18)6-5-7-12(14)19/h5-7,15H,8-9H2,1-4H3/t15-/m0/s1. The Morgan fingerprint density at radius 2 is 2.00 bits per heavy atom. The van der Waals surface area contributed by atoms with Gasteiger partial charge < -0.3 is 19.3 Å². The van der Waals surface area contributed by atoms with Crippen LogP contribution in [0.25, 0.3) is 0 Å². The van der Waals surface area contributed by atoms with E-state index >= 15 is 0 Å². The first-order chi connectivity index (χ1) is 11.8. The summed E-state index contributed by atoms with van der Waals surface area (Å²) >= 11 is 6.17. The first-order valence-electron chi connectivity index (χ1n) is 7.62. The lowest BCUT2D eigenvalue weighted by atomic mass is 9.93. The molecular formula is C17H20ClFN2O4. The smallest absolute Gasteiger partial charge is 0.338 e. The van der Waals surface area contributed by atoms with E-state index in [4.69, 9.17) is 21.1 Å². The predicted octanol–water partition coefficient (Wildman–Crippen LogP) is 2.98. The summed E-state index contributed by atoms with van der Waals surface area (Å²) in [6, 6.07) is 2.86. The summed E-state index contributed by atoms with van der Waals surface area (Å²) < 4.78 is 24.5. The Labute approximate surface area is 150 Å². The van der Waals surface area contributed by atoms with Gasteiger partial charge in [-0.1, -0.05) is 17.7 Å². The molecule has 8 heteroatoms. The molecule has 0 saturated carbocycles. The summed E-state index contributed by atoms with van der Waals surface area (Å²) in [5.74, 6) is -1.25. The van der Waals surface area contributed by atoms with Crippen LogP contribution in [-0.2, 0) is 14.3 Å². The fraction of sp³-hybridized carbons (Fsp3) is 0.412. The van der Waals surface area contributed by atoms with E-state index in [-0.39, 0.29) is 35.4 Å². The quantitative estimate of drug-likeness (QED) is 0.590. The zero-order chi connectivity index (χ0) is 18.7. The number of hydrogen-bond donors (Lipinski definition) is 0. The summed E-state index contributed by atoms with van der Waals surface area (Å²) in [7, 11) is 4.51. The Morgan fingerprint density at radius 3 is 2.60 bits per heavy atom. The predicted molar refractivity (Wildman–Crippen MR) is 90.6 cm³/mol. The van der Waals surface area contributed by atoms with Crippen molar-refractivity contribution in [3.8, 4) is 0 Å². The third-order valence-electron chi connectivity index (χ3n) is 4.16. The second-order valence-corrected chi connectivity index (χ2v) is 6.03. The topological polar surface area (TPSA) is 59.1 Å². The highest BCUT2D eigenvalue weighted by Gasteiger charge is 2.41. The molecule has 25 heavy (non-hydrogen) atoms. The number of esters is 1. The number of nitrogens with zero attached hydrogens (tertiary/aromatic N) is 2. The van der Waals surface area contributed by atoms with E-state index in [0.29, 0.717) is 5.70 Å². The van der Waals surface area contributed by atoms with E-state index in [1.54, 1.807) is 6.92 Å². The molecule has 0 unspecified atom stereocenters. The molecule has 1 aromatic rings. The molecule has 1 atom stereocenters. The maximum absolute atomic E-state index is 14.5. The monoisotopic (exact) mass is 370 g/mol. The van der Waals surface area contributed by atoms with Gasteiger partial charge in [-0.3, -0.25) is 0 Å². The number of methoxy groups -OCH3 is 1. The van der Waals surface area contributed by atoms with Gasteiger partial charge in [0.2, 0.25) is 0 Å². The number of hydrogen-bond acceptors (Lipinski definition) is 4. The summed E-state index contributed by atoms with van der Waals surface area (Å²) in [6.07, 6.45) is 0. The van der Waals surface area contributed by atoms with Crippen LogP contribution in [-0.4, -0.2) is 56.2 Å². The molecule has 0 radical (unpaired) electrons.